The van der Waals surface area contributed by atoms with Crippen molar-refractivity contribution in [3.05, 3.63) is 41.0 Å². The lowest BCUT2D eigenvalue weighted by molar-refractivity contribution is 0.114. The Balaban J connectivity index is 2.55. The minimum absolute atomic E-state index is 0.0503. The molecule has 0 saturated carbocycles. The molecule has 86 valence electrons. The van der Waals surface area contributed by atoms with Gasteiger partial charge in [-0.1, -0.05) is 30.3 Å². The second kappa shape index (κ2) is 4.15. The van der Waals surface area contributed by atoms with Gasteiger partial charge in [0.15, 0.2) is 5.76 Å². The van der Waals surface area contributed by atoms with Crippen molar-refractivity contribution < 1.29 is 22.4 Å². The summed E-state index contributed by atoms with van der Waals surface area (Å²) in [5.41, 5.74) is 0.551. The summed E-state index contributed by atoms with van der Waals surface area (Å²) in [6.45, 7) is 0.356. The second-order valence-corrected chi connectivity index (χ2v) is 4.48. The molecule has 0 radical (unpaired) electrons. The first kappa shape index (κ1) is 11.0. The van der Waals surface area contributed by atoms with Crippen LogP contribution in [0.4, 0.5) is 0 Å². The van der Waals surface area contributed by atoms with E-state index in [9.17, 15) is 8.42 Å². The molecule has 0 aliphatic carbocycles. The fourth-order valence-corrected chi connectivity index (χ4v) is 2.03. The molecule has 0 saturated heterocycles. The van der Waals surface area contributed by atoms with Crippen LogP contribution in [0.3, 0.4) is 0 Å². The molecule has 0 spiro atoms. The van der Waals surface area contributed by atoms with Crippen molar-refractivity contribution in [1.82, 2.24) is 0 Å². The van der Waals surface area contributed by atoms with Crippen molar-refractivity contribution in [3.63, 3.8) is 0 Å². The normalized spacial score (nSPS) is 16.6. The Kier molecular flexibility index (Phi) is 2.84. The molecule has 1 aromatic rings. The highest BCUT2D eigenvalue weighted by Crippen LogP contribution is 2.26. The zero-order valence-electron chi connectivity index (χ0n) is 8.29. The van der Waals surface area contributed by atoms with Crippen LogP contribution in [0, 0.1) is 0 Å². The molecule has 2 rings (SSSR count). The fraction of sp³-hybridized carbons (Fsp3) is 0.200. The quantitative estimate of drug-likeness (QED) is 0.790. The van der Waals surface area contributed by atoms with Crippen molar-refractivity contribution in [2.24, 2.45) is 0 Å². The van der Waals surface area contributed by atoms with Gasteiger partial charge >= 0.3 is 10.1 Å². The average Bonchev–Trinajstić information content (AvgIpc) is 2.29. The average molecular weight is 242 g/mol. The van der Waals surface area contributed by atoms with Crippen LogP contribution >= 0.6 is 0 Å². The monoisotopic (exact) mass is 242 g/mol. The molecule has 0 fully saturated rings. The summed E-state index contributed by atoms with van der Waals surface area (Å²) in [5.74, 6) is 0.0503. The van der Waals surface area contributed by atoms with Crippen LogP contribution in [0.1, 0.15) is 5.56 Å². The summed E-state index contributed by atoms with van der Waals surface area (Å²) >= 11 is 0. The van der Waals surface area contributed by atoms with Gasteiger partial charge in [0.25, 0.3) is 5.09 Å². The summed E-state index contributed by atoms with van der Waals surface area (Å²) in [7, 11) is -4.39. The van der Waals surface area contributed by atoms with E-state index in [0.29, 0.717) is 5.56 Å². The maximum absolute atomic E-state index is 11.1. The van der Waals surface area contributed by atoms with Gasteiger partial charge in [-0.15, -0.1) is 0 Å². The van der Waals surface area contributed by atoms with Gasteiger partial charge in [0.05, 0.1) is 0 Å². The molecule has 1 aliphatic rings. The van der Waals surface area contributed by atoms with Crippen LogP contribution in [0.2, 0.25) is 0 Å². The molecule has 16 heavy (non-hydrogen) atoms. The van der Waals surface area contributed by atoms with Crippen LogP contribution in [-0.4, -0.2) is 26.2 Å². The highest BCUT2D eigenvalue weighted by Gasteiger charge is 2.27. The molecule has 1 heterocycles. The summed E-state index contributed by atoms with van der Waals surface area (Å²) in [6, 6.07) is 8.62. The van der Waals surface area contributed by atoms with E-state index in [4.69, 9.17) is 14.0 Å². The molecular formula is C10H10O5S. The second-order valence-electron chi connectivity index (χ2n) is 3.15. The maximum Gasteiger partial charge on any atom is 0.331 e. The Morgan fingerprint density at radius 2 is 1.69 bits per heavy atom. The largest absolute Gasteiger partial charge is 0.485 e. The Morgan fingerprint density at radius 3 is 2.31 bits per heavy atom. The Labute approximate surface area is 93.1 Å². The summed E-state index contributed by atoms with van der Waals surface area (Å²) in [5, 5.41) is -0.523. The Bertz CT molecular complexity index is 503. The summed E-state index contributed by atoms with van der Waals surface area (Å²) in [4.78, 5) is 0. The summed E-state index contributed by atoms with van der Waals surface area (Å²) in [6.07, 6.45) is 0. The molecule has 0 aromatic heterocycles. The van der Waals surface area contributed by atoms with E-state index in [1.807, 2.05) is 0 Å². The molecule has 0 amide bonds. The minimum atomic E-state index is -4.39. The van der Waals surface area contributed by atoms with E-state index in [-0.39, 0.29) is 19.0 Å². The zero-order chi connectivity index (χ0) is 11.6. The highest BCUT2D eigenvalue weighted by molar-refractivity contribution is 7.89. The van der Waals surface area contributed by atoms with Crippen molar-refractivity contribution in [1.29, 1.82) is 0 Å². The maximum atomic E-state index is 11.1. The topological polar surface area (TPSA) is 72.8 Å². The van der Waals surface area contributed by atoms with Crippen LogP contribution in [0.15, 0.2) is 35.4 Å². The molecule has 6 heteroatoms. The molecule has 1 aliphatic heterocycles. The van der Waals surface area contributed by atoms with Crippen LogP contribution < -0.4 is 0 Å². The van der Waals surface area contributed by atoms with Crippen LogP contribution in [-0.2, 0) is 19.6 Å². The lowest BCUT2D eigenvalue weighted by Gasteiger charge is -2.20. The first-order valence-electron chi connectivity index (χ1n) is 4.62. The standard InChI is InChI=1S/C10H10O5S/c11-16(12,13)10-9(14-6-7-15-10)8-4-2-1-3-5-8/h1-5H,6-7H2,(H,11,12,13). The minimum Gasteiger partial charge on any atom is -0.485 e. The third kappa shape index (κ3) is 2.17. The lowest BCUT2D eigenvalue weighted by atomic mass is 10.2. The lowest BCUT2D eigenvalue weighted by Crippen LogP contribution is -2.18. The number of benzene rings is 1. The van der Waals surface area contributed by atoms with Crippen LogP contribution in [0.5, 0.6) is 0 Å². The van der Waals surface area contributed by atoms with Gasteiger partial charge in [0, 0.05) is 5.56 Å². The van der Waals surface area contributed by atoms with Gasteiger partial charge in [-0.2, -0.15) is 8.42 Å². The number of hydrogen-bond donors (Lipinski definition) is 1. The SMILES string of the molecule is O=S(=O)(O)C1=C(c2ccccc2)OCCO1. The van der Waals surface area contributed by atoms with Gasteiger partial charge in [0.1, 0.15) is 13.2 Å². The van der Waals surface area contributed by atoms with Crippen molar-refractivity contribution >= 4 is 15.9 Å². The van der Waals surface area contributed by atoms with Crippen molar-refractivity contribution in [3.8, 4) is 0 Å². The highest BCUT2D eigenvalue weighted by atomic mass is 32.2. The first-order valence-corrected chi connectivity index (χ1v) is 6.06. The number of rotatable bonds is 2. The smallest absolute Gasteiger partial charge is 0.331 e. The van der Waals surface area contributed by atoms with Gasteiger partial charge in [0.2, 0.25) is 0 Å². The molecule has 0 bridgehead atoms. The van der Waals surface area contributed by atoms with E-state index in [2.05, 4.69) is 0 Å². The van der Waals surface area contributed by atoms with E-state index in [1.54, 1.807) is 30.3 Å². The van der Waals surface area contributed by atoms with E-state index in [0.717, 1.165) is 0 Å². The molecule has 1 N–H and O–H groups in total. The predicted octanol–water partition coefficient (Wildman–Crippen LogP) is 1.25. The van der Waals surface area contributed by atoms with Crippen LogP contribution in [0.25, 0.3) is 5.76 Å². The summed E-state index contributed by atoms with van der Waals surface area (Å²) < 4.78 is 41.3. The Hall–Kier alpha value is -1.53. The Morgan fingerprint density at radius 1 is 1.06 bits per heavy atom. The van der Waals surface area contributed by atoms with E-state index < -0.39 is 15.2 Å². The molecule has 0 unspecified atom stereocenters. The van der Waals surface area contributed by atoms with Crippen molar-refractivity contribution in [2.75, 3.05) is 13.2 Å². The van der Waals surface area contributed by atoms with E-state index >= 15 is 0 Å². The van der Waals surface area contributed by atoms with Gasteiger partial charge in [-0.3, -0.25) is 4.55 Å². The third-order valence-corrected chi connectivity index (χ3v) is 2.79. The predicted molar refractivity (Wildman–Crippen MR) is 56.8 cm³/mol. The molecule has 5 nitrogen and oxygen atoms in total. The number of ether oxygens (including phenoxy) is 2. The number of hydrogen-bond acceptors (Lipinski definition) is 4. The molecular weight excluding hydrogens is 232 g/mol. The first-order chi connectivity index (χ1) is 7.59. The van der Waals surface area contributed by atoms with Gasteiger partial charge < -0.3 is 9.47 Å². The van der Waals surface area contributed by atoms with Crippen molar-refractivity contribution in [2.45, 2.75) is 0 Å². The van der Waals surface area contributed by atoms with Gasteiger partial charge in [-0.05, 0) is 0 Å². The molecule has 0 atom stereocenters. The van der Waals surface area contributed by atoms with Gasteiger partial charge in [-0.25, -0.2) is 0 Å². The molecule has 1 aromatic carbocycles. The zero-order valence-corrected chi connectivity index (χ0v) is 9.11. The fourth-order valence-electron chi connectivity index (χ4n) is 1.38. The van der Waals surface area contributed by atoms with E-state index in [1.165, 1.54) is 0 Å². The third-order valence-electron chi connectivity index (χ3n) is 2.02.